The van der Waals surface area contributed by atoms with Crippen molar-refractivity contribution >= 4 is 11.6 Å². The zero-order valence-corrected chi connectivity index (χ0v) is 13.2. The zero-order valence-electron chi connectivity index (χ0n) is 12.4. The highest BCUT2D eigenvalue weighted by atomic mass is 35.5. The molecule has 0 amide bonds. The van der Waals surface area contributed by atoms with Gasteiger partial charge in [-0.2, -0.15) is 0 Å². The summed E-state index contributed by atoms with van der Waals surface area (Å²) in [6.45, 7) is 8.62. The Labute approximate surface area is 113 Å². The number of hydrogen-bond donors (Lipinski definition) is 0. The van der Waals surface area contributed by atoms with Crippen LogP contribution < -0.4 is 0 Å². The zero-order chi connectivity index (χ0) is 13.4. The molecule has 0 rings (SSSR count). The lowest BCUT2D eigenvalue weighted by Crippen LogP contribution is -2.46. The van der Waals surface area contributed by atoms with E-state index in [0.717, 1.165) is 12.8 Å². The van der Waals surface area contributed by atoms with Crippen LogP contribution in [0.5, 0.6) is 0 Å². The summed E-state index contributed by atoms with van der Waals surface area (Å²) in [4.78, 5) is -0.259. The summed E-state index contributed by atoms with van der Waals surface area (Å²) in [7, 11) is 1.79. The van der Waals surface area contributed by atoms with Crippen molar-refractivity contribution in [3.63, 3.8) is 0 Å². The summed E-state index contributed by atoms with van der Waals surface area (Å²) in [5.74, 6) is 0. The molecule has 0 aliphatic rings. The van der Waals surface area contributed by atoms with E-state index >= 15 is 0 Å². The van der Waals surface area contributed by atoms with E-state index in [-0.39, 0.29) is 10.5 Å². The van der Waals surface area contributed by atoms with Gasteiger partial charge in [-0.25, -0.2) is 0 Å². The van der Waals surface area contributed by atoms with E-state index in [1.165, 1.54) is 38.5 Å². The quantitative estimate of drug-likeness (QED) is 0.370. The summed E-state index contributed by atoms with van der Waals surface area (Å²) >= 11 is 6.57. The second-order valence-corrected chi connectivity index (χ2v) is 6.34. The Balaban J connectivity index is 3.97. The third-order valence-electron chi connectivity index (χ3n) is 4.22. The lowest BCUT2D eigenvalue weighted by Gasteiger charge is -2.41. The van der Waals surface area contributed by atoms with Crippen molar-refractivity contribution in [1.29, 1.82) is 0 Å². The molecule has 0 aromatic carbocycles. The third-order valence-corrected chi connectivity index (χ3v) is 4.89. The molecule has 17 heavy (non-hydrogen) atoms. The monoisotopic (exact) mass is 262 g/mol. The van der Waals surface area contributed by atoms with Gasteiger partial charge in [-0.3, -0.25) is 0 Å². The molecular weight excluding hydrogens is 232 g/mol. The molecule has 0 spiro atoms. The fourth-order valence-electron chi connectivity index (χ4n) is 2.19. The van der Waals surface area contributed by atoms with Crippen molar-refractivity contribution < 1.29 is 4.74 Å². The maximum absolute atomic E-state index is 6.57. The van der Waals surface area contributed by atoms with Gasteiger partial charge in [-0.05, 0) is 26.7 Å². The van der Waals surface area contributed by atoms with Crippen molar-refractivity contribution in [2.45, 2.75) is 89.5 Å². The SMILES string of the molecule is CCCCCCCCC(C)(OC)C(C)(Cl)CC. The minimum Gasteiger partial charge on any atom is -0.377 e. The Morgan fingerprint density at radius 3 is 1.94 bits per heavy atom. The maximum Gasteiger partial charge on any atom is 0.0838 e. The van der Waals surface area contributed by atoms with Crippen molar-refractivity contribution in [3.05, 3.63) is 0 Å². The predicted octanol–water partition coefficient (Wildman–Crippen LogP) is 5.55. The average molecular weight is 263 g/mol. The lowest BCUT2D eigenvalue weighted by molar-refractivity contribution is -0.0353. The number of halogens is 1. The Kier molecular flexibility index (Phi) is 8.49. The first-order valence-corrected chi connectivity index (χ1v) is 7.55. The molecule has 0 saturated heterocycles. The van der Waals surface area contributed by atoms with Crippen molar-refractivity contribution in [2.75, 3.05) is 7.11 Å². The fourth-order valence-corrected chi connectivity index (χ4v) is 2.36. The van der Waals surface area contributed by atoms with Gasteiger partial charge in [0, 0.05) is 7.11 Å². The average Bonchev–Trinajstić information content (AvgIpc) is 2.33. The summed E-state index contributed by atoms with van der Waals surface area (Å²) in [6, 6.07) is 0. The van der Waals surface area contributed by atoms with Crippen LogP contribution in [0, 0.1) is 0 Å². The third kappa shape index (κ3) is 5.61. The van der Waals surface area contributed by atoms with E-state index in [2.05, 4.69) is 27.7 Å². The number of alkyl halides is 1. The first-order chi connectivity index (χ1) is 7.93. The molecule has 0 radical (unpaired) electrons. The molecule has 0 bridgehead atoms. The summed E-state index contributed by atoms with van der Waals surface area (Å²) in [6.07, 6.45) is 9.91. The summed E-state index contributed by atoms with van der Waals surface area (Å²) < 4.78 is 5.69. The highest BCUT2D eigenvalue weighted by Gasteiger charge is 2.41. The van der Waals surface area contributed by atoms with Crippen molar-refractivity contribution in [2.24, 2.45) is 0 Å². The van der Waals surface area contributed by atoms with Gasteiger partial charge in [0.25, 0.3) is 0 Å². The van der Waals surface area contributed by atoms with Gasteiger partial charge < -0.3 is 4.74 Å². The molecule has 0 aliphatic heterocycles. The lowest BCUT2D eigenvalue weighted by atomic mass is 9.83. The molecule has 0 aromatic rings. The molecule has 1 nitrogen and oxygen atoms in total. The van der Waals surface area contributed by atoms with Crippen molar-refractivity contribution in [1.82, 2.24) is 0 Å². The van der Waals surface area contributed by atoms with Crippen LogP contribution in [0.25, 0.3) is 0 Å². The number of ether oxygens (including phenoxy) is 1. The first kappa shape index (κ1) is 17.2. The number of methoxy groups -OCH3 is 1. The van der Waals surface area contributed by atoms with Crippen LogP contribution in [0.4, 0.5) is 0 Å². The van der Waals surface area contributed by atoms with Crippen molar-refractivity contribution in [3.8, 4) is 0 Å². The predicted molar refractivity (Wildman–Crippen MR) is 78.0 cm³/mol. The van der Waals surface area contributed by atoms with Gasteiger partial charge in [-0.15, -0.1) is 11.6 Å². The highest BCUT2D eigenvalue weighted by Crippen LogP contribution is 2.38. The van der Waals surface area contributed by atoms with Crippen LogP contribution >= 0.6 is 11.6 Å². The normalized spacial score (nSPS) is 18.7. The van der Waals surface area contributed by atoms with E-state index in [0.29, 0.717) is 0 Å². The second kappa shape index (κ2) is 8.37. The Morgan fingerprint density at radius 1 is 0.941 bits per heavy atom. The van der Waals surface area contributed by atoms with E-state index in [4.69, 9.17) is 16.3 Å². The van der Waals surface area contributed by atoms with Crippen LogP contribution in [0.15, 0.2) is 0 Å². The van der Waals surface area contributed by atoms with Gasteiger partial charge in [0.05, 0.1) is 10.5 Å². The maximum atomic E-state index is 6.57. The summed E-state index contributed by atoms with van der Waals surface area (Å²) in [5.41, 5.74) is -0.200. The molecule has 0 heterocycles. The van der Waals surface area contributed by atoms with E-state index in [9.17, 15) is 0 Å². The van der Waals surface area contributed by atoms with Crippen LogP contribution in [-0.2, 0) is 4.74 Å². The molecule has 0 N–H and O–H groups in total. The van der Waals surface area contributed by atoms with E-state index in [1.807, 2.05) is 0 Å². The molecule has 0 saturated carbocycles. The molecule has 104 valence electrons. The second-order valence-electron chi connectivity index (χ2n) is 5.50. The van der Waals surface area contributed by atoms with Gasteiger partial charge in [-0.1, -0.05) is 52.4 Å². The van der Waals surface area contributed by atoms with Crippen LogP contribution in [0.3, 0.4) is 0 Å². The number of rotatable bonds is 10. The molecule has 0 fully saturated rings. The minimum absolute atomic E-state index is 0.200. The molecule has 0 aliphatic carbocycles. The fraction of sp³-hybridized carbons (Fsp3) is 1.00. The van der Waals surface area contributed by atoms with Crippen LogP contribution in [0.1, 0.15) is 79.1 Å². The number of unbranched alkanes of at least 4 members (excludes halogenated alkanes) is 5. The molecular formula is C15H31ClO. The Hall–Kier alpha value is 0.250. The van der Waals surface area contributed by atoms with Crippen LogP contribution in [0.2, 0.25) is 0 Å². The molecule has 2 unspecified atom stereocenters. The van der Waals surface area contributed by atoms with Gasteiger partial charge in [0.2, 0.25) is 0 Å². The number of hydrogen-bond acceptors (Lipinski definition) is 1. The molecule has 2 heteroatoms. The largest absolute Gasteiger partial charge is 0.377 e. The Bertz CT molecular complexity index is 191. The van der Waals surface area contributed by atoms with E-state index in [1.54, 1.807) is 7.11 Å². The van der Waals surface area contributed by atoms with Gasteiger partial charge in [0.1, 0.15) is 0 Å². The first-order valence-electron chi connectivity index (χ1n) is 7.17. The van der Waals surface area contributed by atoms with E-state index < -0.39 is 0 Å². The molecule has 0 aromatic heterocycles. The Morgan fingerprint density at radius 2 is 1.47 bits per heavy atom. The highest BCUT2D eigenvalue weighted by molar-refractivity contribution is 6.24. The smallest absolute Gasteiger partial charge is 0.0838 e. The molecule has 2 atom stereocenters. The van der Waals surface area contributed by atoms with Crippen LogP contribution in [-0.4, -0.2) is 17.6 Å². The summed E-state index contributed by atoms with van der Waals surface area (Å²) in [5, 5.41) is 0. The standard InChI is InChI=1S/C15H31ClO/c1-6-8-9-10-11-12-13-15(4,17-5)14(3,16)7-2/h6-13H2,1-5H3. The topological polar surface area (TPSA) is 9.23 Å². The van der Waals surface area contributed by atoms with Gasteiger partial charge in [0.15, 0.2) is 0 Å². The minimum atomic E-state index is -0.259. The van der Waals surface area contributed by atoms with Gasteiger partial charge >= 0.3 is 0 Å².